The molecular formula is C24H27N7O3. The van der Waals surface area contributed by atoms with Crippen molar-refractivity contribution >= 4 is 23.7 Å². The van der Waals surface area contributed by atoms with E-state index in [2.05, 4.69) is 20.1 Å². The second kappa shape index (κ2) is 9.42. The van der Waals surface area contributed by atoms with Crippen LogP contribution in [0.2, 0.25) is 0 Å². The molecule has 1 aromatic carbocycles. The normalized spacial score (nSPS) is 15.5. The molecule has 1 saturated carbocycles. The van der Waals surface area contributed by atoms with Crippen molar-refractivity contribution in [2.24, 2.45) is 16.6 Å². The summed E-state index contributed by atoms with van der Waals surface area (Å²) >= 11 is 0. The second-order valence-electron chi connectivity index (χ2n) is 8.42. The SMILES string of the molecule is CCOC(=O)Cn1cc(C(=O)N=C(N)C(C)(c2ccc(-c3cnc(N)nc3)cc2)C2CC2)cn1. The van der Waals surface area contributed by atoms with Crippen LogP contribution in [0.5, 0.6) is 0 Å². The van der Waals surface area contributed by atoms with Crippen LogP contribution in [0.4, 0.5) is 5.95 Å². The molecule has 1 amide bonds. The van der Waals surface area contributed by atoms with Gasteiger partial charge in [-0.05, 0) is 43.7 Å². The number of anilines is 1. The number of benzene rings is 1. The van der Waals surface area contributed by atoms with E-state index in [1.807, 2.05) is 31.2 Å². The van der Waals surface area contributed by atoms with Gasteiger partial charge in [0.25, 0.3) is 5.91 Å². The number of amides is 1. The number of aliphatic imine (C=N–C) groups is 1. The van der Waals surface area contributed by atoms with Crippen molar-refractivity contribution < 1.29 is 14.3 Å². The van der Waals surface area contributed by atoms with Crippen LogP contribution in [0.1, 0.15) is 42.6 Å². The highest BCUT2D eigenvalue weighted by molar-refractivity contribution is 6.06. The molecule has 1 aliphatic carbocycles. The molecule has 2 heterocycles. The van der Waals surface area contributed by atoms with Gasteiger partial charge in [0.2, 0.25) is 5.95 Å². The fourth-order valence-electron chi connectivity index (χ4n) is 3.94. The van der Waals surface area contributed by atoms with Gasteiger partial charge in [-0.15, -0.1) is 0 Å². The Labute approximate surface area is 197 Å². The Kier molecular flexibility index (Phi) is 6.40. The van der Waals surface area contributed by atoms with E-state index in [0.29, 0.717) is 5.92 Å². The lowest BCUT2D eigenvalue weighted by molar-refractivity contribution is -0.144. The van der Waals surface area contributed by atoms with Crippen LogP contribution in [-0.2, 0) is 21.5 Å². The largest absolute Gasteiger partial charge is 0.465 e. The smallest absolute Gasteiger partial charge is 0.327 e. The lowest BCUT2D eigenvalue weighted by atomic mass is 9.76. The Morgan fingerprint density at radius 2 is 1.82 bits per heavy atom. The molecule has 0 radical (unpaired) electrons. The summed E-state index contributed by atoms with van der Waals surface area (Å²) in [6, 6.07) is 7.93. The van der Waals surface area contributed by atoms with Gasteiger partial charge in [-0.3, -0.25) is 14.3 Å². The van der Waals surface area contributed by atoms with Crippen molar-refractivity contribution in [3.63, 3.8) is 0 Å². The lowest BCUT2D eigenvalue weighted by Crippen LogP contribution is -2.41. The van der Waals surface area contributed by atoms with Gasteiger partial charge in [0, 0.05) is 24.2 Å². The Morgan fingerprint density at radius 3 is 2.44 bits per heavy atom. The maximum Gasteiger partial charge on any atom is 0.327 e. The number of rotatable bonds is 8. The van der Waals surface area contributed by atoms with Gasteiger partial charge in [-0.2, -0.15) is 10.1 Å². The van der Waals surface area contributed by atoms with Crippen LogP contribution >= 0.6 is 0 Å². The summed E-state index contributed by atoms with van der Waals surface area (Å²) in [6.07, 6.45) is 8.20. The number of ether oxygens (including phenoxy) is 1. The Morgan fingerprint density at radius 1 is 1.15 bits per heavy atom. The Bertz CT molecular complexity index is 1210. The molecule has 10 nitrogen and oxygen atoms in total. The fraction of sp³-hybridized carbons (Fsp3) is 0.333. The highest BCUT2D eigenvalue weighted by Crippen LogP contribution is 2.47. The number of aromatic nitrogens is 4. The van der Waals surface area contributed by atoms with Crippen molar-refractivity contribution in [2.75, 3.05) is 12.3 Å². The van der Waals surface area contributed by atoms with Crippen LogP contribution in [-0.4, -0.2) is 44.1 Å². The molecule has 0 bridgehead atoms. The summed E-state index contributed by atoms with van der Waals surface area (Å²) in [6.45, 7) is 3.94. The predicted molar refractivity (Wildman–Crippen MR) is 127 cm³/mol. The van der Waals surface area contributed by atoms with E-state index < -0.39 is 17.3 Å². The monoisotopic (exact) mass is 461 g/mol. The second-order valence-corrected chi connectivity index (χ2v) is 8.42. The predicted octanol–water partition coefficient (Wildman–Crippen LogP) is 2.35. The standard InChI is InChI=1S/C24H27N7O3/c1-3-34-20(32)14-31-13-17(12-29-31)21(33)30-22(25)24(2,19-8-9-19)18-6-4-15(5-7-18)16-10-27-23(26)28-11-16/h4-7,10-13,19H,3,8-9,14H2,1-2H3,(H2,25,30,33)(H2,26,27,28). The number of nitrogens with zero attached hydrogens (tertiary/aromatic N) is 5. The number of hydrogen-bond donors (Lipinski definition) is 2. The number of hydrogen-bond acceptors (Lipinski definition) is 7. The van der Waals surface area contributed by atoms with Crippen molar-refractivity contribution in [3.8, 4) is 11.1 Å². The molecule has 2 aromatic heterocycles. The maximum atomic E-state index is 12.8. The van der Waals surface area contributed by atoms with Crippen LogP contribution in [0.25, 0.3) is 11.1 Å². The molecule has 0 saturated heterocycles. The van der Waals surface area contributed by atoms with E-state index in [4.69, 9.17) is 16.2 Å². The molecule has 4 rings (SSSR count). The van der Waals surface area contributed by atoms with Gasteiger partial charge in [0.1, 0.15) is 12.4 Å². The first-order chi connectivity index (χ1) is 16.3. The van der Waals surface area contributed by atoms with Crippen LogP contribution in [0.15, 0.2) is 54.0 Å². The molecule has 10 heteroatoms. The topological polar surface area (TPSA) is 151 Å². The van der Waals surface area contributed by atoms with Crippen molar-refractivity contribution in [1.82, 2.24) is 19.7 Å². The van der Waals surface area contributed by atoms with Gasteiger partial charge >= 0.3 is 5.97 Å². The number of carbonyl (C=O) groups is 2. The third kappa shape index (κ3) is 4.80. The Balaban J connectivity index is 1.55. The fourth-order valence-corrected chi connectivity index (χ4v) is 3.94. The molecule has 1 atom stereocenters. The van der Waals surface area contributed by atoms with Gasteiger partial charge in [0.15, 0.2) is 0 Å². The zero-order chi connectivity index (χ0) is 24.3. The number of nitrogen functional groups attached to an aromatic ring is 1. The van der Waals surface area contributed by atoms with Gasteiger partial charge in [0.05, 0.1) is 23.8 Å². The molecule has 34 heavy (non-hydrogen) atoms. The highest BCUT2D eigenvalue weighted by atomic mass is 16.5. The number of nitrogens with two attached hydrogens (primary N) is 2. The summed E-state index contributed by atoms with van der Waals surface area (Å²) < 4.78 is 6.25. The van der Waals surface area contributed by atoms with Gasteiger partial charge < -0.3 is 16.2 Å². The van der Waals surface area contributed by atoms with Crippen molar-refractivity contribution in [1.29, 1.82) is 0 Å². The third-order valence-electron chi connectivity index (χ3n) is 6.11. The first-order valence-corrected chi connectivity index (χ1v) is 11.1. The minimum atomic E-state index is -0.591. The maximum absolute atomic E-state index is 12.8. The van der Waals surface area contributed by atoms with E-state index >= 15 is 0 Å². The van der Waals surface area contributed by atoms with E-state index in [1.165, 1.54) is 17.1 Å². The number of esters is 1. The average molecular weight is 462 g/mol. The number of amidine groups is 1. The first kappa shape index (κ1) is 23.1. The van der Waals surface area contributed by atoms with E-state index in [0.717, 1.165) is 29.5 Å². The van der Waals surface area contributed by atoms with Crippen molar-refractivity contribution in [2.45, 2.75) is 38.6 Å². The molecule has 3 aromatic rings. The molecule has 4 N–H and O–H groups in total. The van der Waals surface area contributed by atoms with E-state index in [1.54, 1.807) is 19.3 Å². The third-order valence-corrected chi connectivity index (χ3v) is 6.11. The zero-order valence-corrected chi connectivity index (χ0v) is 19.1. The van der Waals surface area contributed by atoms with Crippen LogP contribution in [0.3, 0.4) is 0 Å². The molecule has 1 aliphatic rings. The van der Waals surface area contributed by atoms with E-state index in [9.17, 15) is 9.59 Å². The molecule has 1 unspecified atom stereocenters. The summed E-state index contributed by atoms with van der Waals surface area (Å²) in [5, 5.41) is 4.05. The Hall–Kier alpha value is -4.08. The van der Waals surface area contributed by atoms with Gasteiger partial charge in [-0.25, -0.2) is 9.97 Å². The quantitative estimate of drug-likeness (QED) is 0.295. The van der Waals surface area contributed by atoms with Crippen molar-refractivity contribution in [3.05, 3.63) is 60.2 Å². The van der Waals surface area contributed by atoms with Gasteiger partial charge in [-0.1, -0.05) is 24.3 Å². The minimum Gasteiger partial charge on any atom is -0.465 e. The summed E-state index contributed by atoms with van der Waals surface area (Å²) in [7, 11) is 0. The summed E-state index contributed by atoms with van der Waals surface area (Å²) in [5.41, 5.74) is 14.5. The minimum absolute atomic E-state index is 0.0779. The molecule has 0 spiro atoms. The molecule has 176 valence electrons. The zero-order valence-electron chi connectivity index (χ0n) is 19.1. The average Bonchev–Trinajstić information content (AvgIpc) is 3.58. The molecule has 1 fully saturated rings. The number of carbonyl (C=O) groups excluding carboxylic acids is 2. The molecule has 0 aliphatic heterocycles. The summed E-state index contributed by atoms with van der Waals surface area (Å²) in [5.74, 6) is -0.164. The van der Waals surface area contributed by atoms with E-state index in [-0.39, 0.29) is 30.5 Å². The van der Waals surface area contributed by atoms with Crippen LogP contribution in [0, 0.1) is 5.92 Å². The van der Waals surface area contributed by atoms with Crippen LogP contribution < -0.4 is 11.5 Å². The lowest BCUT2D eigenvalue weighted by Gasteiger charge is -2.30. The first-order valence-electron chi connectivity index (χ1n) is 11.1. The molecular weight excluding hydrogens is 434 g/mol. The highest BCUT2D eigenvalue weighted by Gasteiger charge is 2.46. The summed E-state index contributed by atoms with van der Waals surface area (Å²) in [4.78, 5) is 36.8.